The Labute approximate surface area is 174 Å². The Morgan fingerprint density at radius 1 is 1.35 bits per heavy atom. The molecule has 3 N–H and O–H groups in total. The SMILES string of the molecule is CCNC(=NCC1C(C)OC(C)(C)N1C(=O)OC(C)(C)C)NCCO.I. The van der Waals surface area contributed by atoms with Crippen LogP contribution in [0, 0.1) is 0 Å². The summed E-state index contributed by atoms with van der Waals surface area (Å²) in [5.41, 5.74) is -1.34. The van der Waals surface area contributed by atoms with E-state index in [0.717, 1.165) is 0 Å². The normalized spacial score (nSPS) is 22.6. The summed E-state index contributed by atoms with van der Waals surface area (Å²) in [5, 5.41) is 15.1. The molecule has 9 heteroatoms. The van der Waals surface area contributed by atoms with Gasteiger partial charge in [-0.2, -0.15) is 0 Å². The summed E-state index contributed by atoms with van der Waals surface area (Å²) in [6.45, 7) is 14.6. The van der Waals surface area contributed by atoms with Crippen LogP contribution in [0.3, 0.4) is 0 Å². The van der Waals surface area contributed by atoms with Crippen molar-refractivity contribution in [3.63, 3.8) is 0 Å². The van der Waals surface area contributed by atoms with Crippen molar-refractivity contribution in [2.45, 2.75) is 71.9 Å². The van der Waals surface area contributed by atoms with Gasteiger partial charge in [0, 0.05) is 13.1 Å². The maximum atomic E-state index is 12.7. The molecule has 1 heterocycles. The van der Waals surface area contributed by atoms with Crippen LogP contribution < -0.4 is 10.6 Å². The van der Waals surface area contributed by atoms with E-state index in [0.29, 0.717) is 25.6 Å². The van der Waals surface area contributed by atoms with Gasteiger partial charge in [-0.25, -0.2) is 4.79 Å². The third kappa shape index (κ3) is 7.43. The minimum Gasteiger partial charge on any atom is -0.444 e. The van der Waals surface area contributed by atoms with Gasteiger partial charge in [0.25, 0.3) is 0 Å². The van der Waals surface area contributed by atoms with Gasteiger partial charge >= 0.3 is 6.09 Å². The predicted octanol–water partition coefficient (Wildman–Crippen LogP) is 1.91. The number of guanidine groups is 1. The van der Waals surface area contributed by atoms with Gasteiger partial charge in [-0.1, -0.05) is 0 Å². The highest BCUT2D eigenvalue weighted by atomic mass is 127. The average molecular weight is 486 g/mol. The van der Waals surface area contributed by atoms with Gasteiger partial charge in [-0.15, -0.1) is 24.0 Å². The first-order valence-corrected chi connectivity index (χ1v) is 8.85. The number of rotatable bonds is 5. The summed E-state index contributed by atoms with van der Waals surface area (Å²) in [4.78, 5) is 18.8. The van der Waals surface area contributed by atoms with Gasteiger partial charge in [0.05, 0.1) is 25.3 Å². The van der Waals surface area contributed by atoms with Crippen LogP contribution in [0.5, 0.6) is 0 Å². The minimum atomic E-state index is -0.765. The minimum absolute atomic E-state index is 0. The van der Waals surface area contributed by atoms with Crippen LogP contribution in [0.2, 0.25) is 0 Å². The lowest BCUT2D eigenvalue weighted by Gasteiger charge is -2.34. The number of halogens is 1. The molecule has 0 aromatic carbocycles. The predicted molar refractivity (Wildman–Crippen MR) is 113 cm³/mol. The number of amides is 1. The van der Waals surface area contributed by atoms with Gasteiger partial charge in [-0.05, 0) is 48.5 Å². The third-order valence-electron chi connectivity index (χ3n) is 3.70. The quantitative estimate of drug-likeness (QED) is 0.312. The zero-order valence-corrected chi connectivity index (χ0v) is 19.3. The Balaban J connectivity index is 0.00000625. The second kappa shape index (κ2) is 10.5. The lowest BCUT2D eigenvalue weighted by molar-refractivity contribution is -0.0755. The topological polar surface area (TPSA) is 95.4 Å². The summed E-state index contributed by atoms with van der Waals surface area (Å²) < 4.78 is 11.5. The largest absolute Gasteiger partial charge is 0.444 e. The van der Waals surface area contributed by atoms with Crippen LogP contribution in [-0.2, 0) is 9.47 Å². The molecule has 1 rings (SSSR count). The zero-order chi connectivity index (χ0) is 19.3. The molecule has 2 atom stereocenters. The van der Waals surface area contributed by atoms with E-state index in [-0.39, 0.29) is 42.7 Å². The third-order valence-corrected chi connectivity index (χ3v) is 3.70. The number of nitrogens with zero attached hydrogens (tertiary/aromatic N) is 2. The van der Waals surface area contributed by atoms with Gasteiger partial charge < -0.3 is 25.2 Å². The first-order valence-electron chi connectivity index (χ1n) is 8.85. The number of hydrogen-bond acceptors (Lipinski definition) is 5. The Morgan fingerprint density at radius 2 is 1.96 bits per heavy atom. The average Bonchev–Trinajstić information content (AvgIpc) is 2.68. The van der Waals surface area contributed by atoms with Crippen molar-refractivity contribution in [3.8, 4) is 0 Å². The Kier molecular flexibility index (Phi) is 10.2. The number of ether oxygens (including phenoxy) is 2. The summed E-state index contributed by atoms with van der Waals surface area (Å²) in [5.74, 6) is 0.595. The van der Waals surface area contributed by atoms with Crippen LogP contribution in [0.1, 0.15) is 48.5 Å². The fraction of sp³-hybridized carbons (Fsp3) is 0.882. The standard InChI is InChI=1S/C17H34N4O4.HI/c1-8-18-14(19-9-10-22)20-11-13-12(2)24-17(6,7)21(13)15(23)25-16(3,4)5;/h12-13,22H,8-11H2,1-7H3,(H2,18,19,20);1H. The molecule has 1 amide bonds. The van der Waals surface area contributed by atoms with Gasteiger partial charge in [0.2, 0.25) is 0 Å². The number of aliphatic hydroxyl groups is 1. The van der Waals surface area contributed by atoms with Crippen LogP contribution in [-0.4, -0.2) is 71.8 Å². The first-order chi connectivity index (χ1) is 11.5. The molecule has 2 unspecified atom stereocenters. The molecule has 1 saturated heterocycles. The number of carbonyl (C=O) groups excluding carboxylic acids is 1. The molecule has 1 fully saturated rings. The smallest absolute Gasteiger partial charge is 0.412 e. The summed E-state index contributed by atoms with van der Waals surface area (Å²) in [6, 6.07) is -0.241. The molecule has 1 aliphatic heterocycles. The van der Waals surface area contributed by atoms with E-state index in [9.17, 15) is 4.79 Å². The number of carbonyl (C=O) groups is 1. The Hall–Kier alpha value is -0.810. The van der Waals surface area contributed by atoms with Gasteiger partial charge in [-0.3, -0.25) is 9.89 Å². The number of nitrogens with one attached hydrogen (secondary N) is 2. The van der Waals surface area contributed by atoms with Crippen molar-refractivity contribution in [2.75, 3.05) is 26.2 Å². The van der Waals surface area contributed by atoms with E-state index in [1.807, 2.05) is 48.5 Å². The highest BCUT2D eigenvalue weighted by Gasteiger charge is 2.49. The molecule has 154 valence electrons. The highest BCUT2D eigenvalue weighted by molar-refractivity contribution is 14.0. The fourth-order valence-electron chi connectivity index (χ4n) is 2.80. The molecule has 0 aromatic heterocycles. The molecule has 0 aromatic rings. The summed E-state index contributed by atoms with van der Waals surface area (Å²) in [6.07, 6.45) is -0.581. The maximum absolute atomic E-state index is 12.7. The number of hydrogen-bond donors (Lipinski definition) is 3. The summed E-state index contributed by atoms with van der Waals surface area (Å²) >= 11 is 0. The molecule has 0 radical (unpaired) electrons. The Bertz CT molecular complexity index is 480. The molecule has 0 saturated carbocycles. The molecule has 0 aliphatic carbocycles. The van der Waals surface area contributed by atoms with E-state index in [2.05, 4.69) is 15.6 Å². The Morgan fingerprint density at radius 3 is 2.46 bits per heavy atom. The molecule has 1 aliphatic rings. The summed E-state index contributed by atoms with van der Waals surface area (Å²) in [7, 11) is 0. The second-order valence-electron chi connectivity index (χ2n) is 7.56. The van der Waals surface area contributed by atoms with Crippen molar-refractivity contribution in [2.24, 2.45) is 4.99 Å². The van der Waals surface area contributed by atoms with Gasteiger partial charge in [0.15, 0.2) is 5.96 Å². The zero-order valence-electron chi connectivity index (χ0n) is 17.0. The molecule has 0 spiro atoms. The van der Waals surface area contributed by atoms with E-state index in [1.54, 1.807) is 4.90 Å². The van der Waals surface area contributed by atoms with Crippen LogP contribution in [0.25, 0.3) is 0 Å². The van der Waals surface area contributed by atoms with E-state index >= 15 is 0 Å². The van der Waals surface area contributed by atoms with Crippen molar-refractivity contribution in [1.82, 2.24) is 15.5 Å². The van der Waals surface area contributed by atoms with E-state index in [1.165, 1.54) is 0 Å². The van der Waals surface area contributed by atoms with Crippen LogP contribution in [0.4, 0.5) is 4.79 Å². The molecule has 26 heavy (non-hydrogen) atoms. The second-order valence-corrected chi connectivity index (χ2v) is 7.56. The lowest BCUT2D eigenvalue weighted by atomic mass is 10.1. The molecule has 0 bridgehead atoms. The van der Waals surface area contributed by atoms with E-state index in [4.69, 9.17) is 14.6 Å². The van der Waals surface area contributed by atoms with Gasteiger partial charge in [0.1, 0.15) is 11.3 Å². The molecular weight excluding hydrogens is 451 g/mol. The maximum Gasteiger partial charge on any atom is 0.412 e. The van der Waals surface area contributed by atoms with Crippen LogP contribution in [0.15, 0.2) is 4.99 Å². The molecule has 8 nitrogen and oxygen atoms in total. The fourth-order valence-corrected chi connectivity index (χ4v) is 2.80. The van der Waals surface area contributed by atoms with Crippen molar-refractivity contribution < 1.29 is 19.4 Å². The lowest BCUT2D eigenvalue weighted by Crippen LogP contribution is -2.51. The van der Waals surface area contributed by atoms with Crippen molar-refractivity contribution in [1.29, 1.82) is 0 Å². The number of aliphatic imine (C=N–C) groups is 1. The highest BCUT2D eigenvalue weighted by Crippen LogP contribution is 2.33. The van der Waals surface area contributed by atoms with Crippen molar-refractivity contribution >= 4 is 36.0 Å². The number of aliphatic hydroxyl groups excluding tert-OH is 1. The molecular formula is C17H35IN4O4. The monoisotopic (exact) mass is 486 g/mol. The van der Waals surface area contributed by atoms with E-state index < -0.39 is 17.4 Å². The van der Waals surface area contributed by atoms with Crippen LogP contribution >= 0.6 is 24.0 Å². The first kappa shape index (κ1) is 25.2. The van der Waals surface area contributed by atoms with Crippen molar-refractivity contribution in [3.05, 3.63) is 0 Å².